The number of fused-ring (bicyclic) bond motifs is 2. The van der Waals surface area contributed by atoms with Crippen LogP contribution in [0.4, 0.5) is 11.5 Å². The molecule has 7 nitrogen and oxygen atoms in total. The van der Waals surface area contributed by atoms with Crippen LogP contribution >= 0.6 is 0 Å². The number of anilines is 2. The maximum absolute atomic E-state index is 5.53. The van der Waals surface area contributed by atoms with Crippen molar-refractivity contribution >= 4 is 17.3 Å². The summed E-state index contributed by atoms with van der Waals surface area (Å²) >= 11 is 0. The highest BCUT2D eigenvalue weighted by atomic mass is 16.3. The predicted octanol–water partition coefficient (Wildman–Crippen LogP) is 3.82. The van der Waals surface area contributed by atoms with Gasteiger partial charge < -0.3 is 14.2 Å². The van der Waals surface area contributed by atoms with Crippen molar-refractivity contribution in [2.75, 3.05) is 36.0 Å². The van der Waals surface area contributed by atoms with Gasteiger partial charge in [-0.15, -0.1) is 5.10 Å². The molecule has 0 unspecified atom stereocenters. The van der Waals surface area contributed by atoms with E-state index in [0.29, 0.717) is 17.4 Å². The Labute approximate surface area is 181 Å². The zero-order chi connectivity index (χ0) is 20.9. The molecule has 0 radical (unpaired) electrons. The molecule has 0 N–H and O–H groups in total. The Kier molecular flexibility index (Phi) is 4.23. The number of aryl methyl sites for hydroxylation is 2. The second-order valence-electron chi connectivity index (χ2n) is 8.53. The fraction of sp³-hybridized carbons (Fsp3) is 0.375. The highest BCUT2D eigenvalue weighted by molar-refractivity contribution is 5.61. The maximum atomic E-state index is 5.53. The van der Waals surface area contributed by atoms with Crippen molar-refractivity contribution in [2.24, 2.45) is 0 Å². The first-order valence-electron chi connectivity index (χ1n) is 11.1. The van der Waals surface area contributed by atoms with Gasteiger partial charge in [0.1, 0.15) is 5.82 Å². The zero-order valence-electron chi connectivity index (χ0n) is 18.0. The van der Waals surface area contributed by atoms with Gasteiger partial charge in [-0.25, -0.2) is 4.98 Å². The first kappa shape index (κ1) is 18.4. The van der Waals surface area contributed by atoms with Gasteiger partial charge in [-0.3, -0.25) is 0 Å². The van der Waals surface area contributed by atoms with E-state index in [0.717, 1.165) is 45.4 Å². The van der Waals surface area contributed by atoms with E-state index in [1.807, 2.05) is 16.6 Å². The molecule has 1 aliphatic carbocycles. The Morgan fingerprint density at radius 2 is 1.74 bits per heavy atom. The number of benzene rings is 1. The number of piperazine rings is 1. The second-order valence-corrected chi connectivity index (χ2v) is 8.53. The smallest absolute Gasteiger partial charge is 0.255 e. The fourth-order valence-electron chi connectivity index (χ4n) is 4.93. The molecular formula is C24H26N6O. The third-order valence-corrected chi connectivity index (χ3v) is 6.72. The molecule has 2 aliphatic rings. The Morgan fingerprint density at radius 1 is 0.903 bits per heavy atom. The van der Waals surface area contributed by atoms with E-state index in [1.54, 1.807) is 6.26 Å². The summed E-state index contributed by atoms with van der Waals surface area (Å²) in [5, 5.41) is 4.80. The van der Waals surface area contributed by atoms with Gasteiger partial charge in [0.05, 0.1) is 12.0 Å². The quantitative estimate of drug-likeness (QED) is 0.508. The summed E-state index contributed by atoms with van der Waals surface area (Å²) in [6, 6.07) is 10.3. The van der Waals surface area contributed by atoms with Gasteiger partial charge in [-0.1, -0.05) is 12.1 Å². The van der Waals surface area contributed by atoms with Crippen LogP contribution in [0.1, 0.15) is 28.8 Å². The number of rotatable bonds is 3. The molecule has 3 aromatic heterocycles. The summed E-state index contributed by atoms with van der Waals surface area (Å²) in [7, 11) is 0. The molecule has 6 rings (SSSR count). The Balaban J connectivity index is 1.36. The molecule has 158 valence electrons. The number of furan rings is 1. The van der Waals surface area contributed by atoms with E-state index in [-0.39, 0.29) is 0 Å². The molecule has 4 aromatic rings. The molecule has 1 aliphatic heterocycles. The SMILES string of the molecule is Cc1cccc(N2CCN(c3c4c(nc5nc(-c6ccco6)nn35)CCC4)CC2)c1C. The van der Waals surface area contributed by atoms with Gasteiger partial charge in [-0.05, 0) is 62.4 Å². The topological polar surface area (TPSA) is 62.7 Å². The van der Waals surface area contributed by atoms with Crippen molar-refractivity contribution in [3.05, 3.63) is 59.0 Å². The summed E-state index contributed by atoms with van der Waals surface area (Å²) in [5.41, 5.74) is 6.59. The predicted molar refractivity (Wildman–Crippen MR) is 121 cm³/mol. The number of nitrogens with zero attached hydrogens (tertiary/aromatic N) is 6. The standard InChI is InChI=1S/C24H26N6O/c1-16-6-3-9-20(17(16)2)28-11-13-29(14-12-28)23-18-7-4-8-19(18)25-24-26-22(27-30(23)24)21-10-5-15-31-21/h3,5-6,9-10,15H,4,7-8,11-14H2,1-2H3. The first-order chi connectivity index (χ1) is 15.2. The minimum atomic E-state index is 0.594. The first-order valence-corrected chi connectivity index (χ1v) is 11.1. The molecule has 0 atom stereocenters. The highest BCUT2D eigenvalue weighted by Crippen LogP contribution is 2.33. The van der Waals surface area contributed by atoms with E-state index < -0.39 is 0 Å². The van der Waals surface area contributed by atoms with E-state index in [4.69, 9.17) is 14.5 Å². The van der Waals surface area contributed by atoms with Gasteiger partial charge in [0.15, 0.2) is 5.76 Å². The van der Waals surface area contributed by atoms with Crippen LogP contribution in [0.2, 0.25) is 0 Å². The third-order valence-electron chi connectivity index (χ3n) is 6.72. The van der Waals surface area contributed by atoms with Crippen LogP contribution in [0.3, 0.4) is 0 Å². The lowest BCUT2D eigenvalue weighted by Gasteiger charge is -2.38. The van der Waals surface area contributed by atoms with Crippen LogP contribution in [-0.2, 0) is 12.8 Å². The molecule has 4 heterocycles. The minimum Gasteiger partial charge on any atom is -0.461 e. The normalized spacial score (nSPS) is 16.3. The number of aromatic nitrogens is 4. The van der Waals surface area contributed by atoms with Crippen molar-refractivity contribution < 1.29 is 4.42 Å². The summed E-state index contributed by atoms with van der Waals surface area (Å²) in [6.45, 7) is 8.30. The van der Waals surface area contributed by atoms with Crippen molar-refractivity contribution in [3.8, 4) is 11.6 Å². The van der Waals surface area contributed by atoms with Gasteiger partial charge in [-0.2, -0.15) is 9.50 Å². The molecule has 31 heavy (non-hydrogen) atoms. The molecule has 7 heteroatoms. The highest BCUT2D eigenvalue weighted by Gasteiger charge is 2.28. The molecule has 1 saturated heterocycles. The summed E-state index contributed by atoms with van der Waals surface area (Å²) in [4.78, 5) is 14.5. The number of hydrogen-bond acceptors (Lipinski definition) is 6. The van der Waals surface area contributed by atoms with E-state index in [2.05, 4.69) is 46.8 Å². The molecule has 0 saturated carbocycles. The second kappa shape index (κ2) is 7.11. The van der Waals surface area contributed by atoms with Crippen molar-refractivity contribution in [1.29, 1.82) is 0 Å². The van der Waals surface area contributed by atoms with E-state index >= 15 is 0 Å². The zero-order valence-corrected chi connectivity index (χ0v) is 18.0. The lowest BCUT2D eigenvalue weighted by molar-refractivity contribution is 0.577. The van der Waals surface area contributed by atoms with Crippen molar-refractivity contribution in [3.63, 3.8) is 0 Å². The van der Waals surface area contributed by atoms with Gasteiger partial charge in [0.25, 0.3) is 5.78 Å². The Hall–Kier alpha value is -3.35. The van der Waals surface area contributed by atoms with Crippen molar-refractivity contribution in [2.45, 2.75) is 33.1 Å². The van der Waals surface area contributed by atoms with Gasteiger partial charge >= 0.3 is 0 Å². The molecule has 1 fully saturated rings. The van der Waals surface area contributed by atoms with Gasteiger partial charge in [0, 0.05) is 37.4 Å². The average molecular weight is 415 g/mol. The fourth-order valence-corrected chi connectivity index (χ4v) is 4.93. The molecule has 0 amide bonds. The molecule has 0 bridgehead atoms. The molecular weight excluding hydrogens is 388 g/mol. The molecule has 1 aromatic carbocycles. The van der Waals surface area contributed by atoms with Crippen LogP contribution in [0.25, 0.3) is 17.4 Å². The van der Waals surface area contributed by atoms with Crippen LogP contribution in [0.5, 0.6) is 0 Å². The third kappa shape index (κ3) is 2.99. The largest absolute Gasteiger partial charge is 0.461 e. The van der Waals surface area contributed by atoms with E-state index in [1.165, 1.54) is 33.9 Å². The summed E-state index contributed by atoms with van der Waals surface area (Å²) < 4.78 is 7.47. The minimum absolute atomic E-state index is 0.594. The average Bonchev–Trinajstić information content (AvgIpc) is 3.54. The summed E-state index contributed by atoms with van der Waals surface area (Å²) in [5.74, 6) is 3.11. The van der Waals surface area contributed by atoms with Crippen LogP contribution < -0.4 is 9.80 Å². The van der Waals surface area contributed by atoms with Crippen LogP contribution in [-0.4, -0.2) is 45.8 Å². The van der Waals surface area contributed by atoms with Gasteiger partial charge in [0.2, 0.25) is 5.82 Å². The molecule has 0 spiro atoms. The van der Waals surface area contributed by atoms with Crippen molar-refractivity contribution in [1.82, 2.24) is 19.6 Å². The lowest BCUT2D eigenvalue weighted by Crippen LogP contribution is -2.47. The van der Waals surface area contributed by atoms with E-state index in [9.17, 15) is 0 Å². The Morgan fingerprint density at radius 3 is 2.55 bits per heavy atom. The van der Waals surface area contributed by atoms with Crippen LogP contribution in [0.15, 0.2) is 41.0 Å². The number of hydrogen-bond donors (Lipinski definition) is 0. The van der Waals surface area contributed by atoms with Crippen LogP contribution in [0, 0.1) is 13.8 Å². The summed E-state index contributed by atoms with van der Waals surface area (Å²) in [6.07, 6.45) is 4.88. The maximum Gasteiger partial charge on any atom is 0.255 e. The Bertz CT molecular complexity index is 1250. The monoisotopic (exact) mass is 414 g/mol. The lowest BCUT2D eigenvalue weighted by atomic mass is 10.1.